The Labute approximate surface area is 685 Å². The first kappa shape index (κ1) is 90.5. The number of thioether (sulfide) groups is 1. The van der Waals surface area contributed by atoms with Crippen LogP contribution in [0.25, 0.3) is 0 Å². The number of non-ortho nitro benzene ring substituents is 3. The molecule has 5 N–H and O–H groups in total. The van der Waals surface area contributed by atoms with E-state index in [1.54, 1.807) is 29.2 Å². The Morgan fingerprint density at radius 2 is 0.829 bits per heavy atom. The van der Waals surface area contributed by atoms with E-state index in [1.807, 2.05) is 32.5 Å². The first-order valence-corrected chi connectivity index (χ1v) is 46.7. The van der Waals surface area contributed by atoms with Gasteiger partial charge in [0.1, 0.15) is 28.5 Å². The molecular formula is C74H101N13O24S6. The van der Waals surface area contributed by atoms with Gasteiger partial charge in [0.25, 0.3) is 17.1 Å². The van der Waals surface area contributed by atoms with Crippen molar-refractivity contribution in [1.82, 2.24) is 47.7 Å². The summed E-state index contributed by atoms with van der Waals surface area (Å²) < 4.78 is 164. The van der Waals surface area contributed by atoms with E-state index in [-0.39, 0.29) is 71.1 Å². The molecule has 0 radical (unpaired) electrons. The van der Waals surface area contributed by atoms with Gasteiger partial charge >= 0.3 is 6.09 Å². The lowest BCUT2D eigenvalue weighted by Gasteiger charge is -2.43. The monoisotopic (exact) mass is 1750 g/mol. The lowest BCUT2D eigenvalue weighted by Crippen LogP contribution is -2.58. The number of piperidine rings is 5. The molecule has 0 unspecified atom stereocenters. The zero-order valence-electron chi connectivity index (χ0n) is 65.5. The number of aliphatic hydroxyl groups excluding tert-OH is 1. The number of hydrogen-bond donors (Lipinski definition) is 5. The number of amides is 1. The number of aliphatic hydroxyl groups is 1. The highest BCUT2D eigenvalue weighted by molar-refractivity contribution is 8.00. The standard InChI is InChI=1S/C19H28N2O6S.C15H20N2O4S.C14H19N3O5S.C13H17N3O5S.C13H17N3O4S2/c1-18(2,3)27-17(23)20-10-8-19(9-11-20)21(12-13-26-19)28(24,25)16-6-4-15(14-22)5-7-16;1-12(18)13-2-4-14(5-3-13)22(19,20)17-10-11-21-15(17)6-8-16-9-7-15;18-17(19)12-2-4-13(5-3-12)23(20,21)16-9-6-14(7-10-16)15-8-1-11-22-14;2*17-16(18)11-1-3-12(4-2-11)22(19,20)15-8-5-13(6-9-15)14-7-10-21-13/h4-7,22H,8-14H2,1-3H3;2-5,16H,6-11H2,1H3;2-5,15H,1,6-11H2;2*1-4,14H,5-10H2. The topological polar surface area (TPSA) is 468 Å². The first-order chi connectivity index (χ1) is 55.3. The van der Waals surface area contributed by atoms with E-state index in [4.69, 9.17) is 28.8 Å². The molecule has 0 bridgehead atoms. The number of ether oxygens (including phenoxy) is 5. The number of nitro benzene ring substituents is 3. The number of likely N-dealkylation sites (tertiary alicyclic amines) is 1. The summed E-state index contributed by atoms with van der Waals surface area (Å²) in [5, 5.41) is 54.4. The van der Waals surface area contributed by atoms with E-state index in [9.17, 15) is 82.0 Å². The minimum Gasteiger partial charge on any atom is -0.444 e. The van der Waals surface area contributed by atoms with Crippen LogP contribution in [-0.4, -0.2) is 264 Å². The second-order valence-electron chi connectivity index (χ2n) is 30.5. The largest absolute Gasteiger partial charge is 0.444 e. The van der Waals surface area contributed by atoms with Gasteiger partial charge in [0.05, 0.1) is 77.2 Å². The fourth-order valence-electron chi connectivity index (χ4n) is 15.5. The molecule has 0 atom stereocenters. The van der Waals surface area contributed by atoms with Crippen LogP contribution in [0.5, 0.6) is 0 Å². The zero-order valence-corrected chi connectivity index (χ0v) is 70.4. The lowest BCUT2D eigenvalue weighted by molar-refractivity contribution is -0.385. The zero-order chi connectivity index (χ0) is 84.5. The maximum atomic E-state index is 13.2. The van der Waals surface area contributed by atoms with Crippen LogP contribution in [0.2, 0.25) is 0 Å². The Balaban J connectivity index is 0.000000144. The van der Waals surface area contributed by atoms with E-state index >= 15 is 0 Å². The Hall–Kier alpha value is -7.22. The van der Waals surface area contributed by atoms with Crippen molar-refractivity contribution in [2.24, 2.45) is 0 Å². The van der Waals surface area contributed by atoms with Crippen LogP contribution >= 0.6 is 11.8 Å². The second-order valence-corrected chi connectivity index (χ2v) is 41.5. The average Bonchev–Trinajstić information content (AvgIpc) is 1.51. The molecule has 0 saturated carbocycles. The number of sulfonamides is 5. The number of nitro groups is 3. The molecule has 0 aliphatic carbocycles. The van der Waals surface area contributed by atoms with Gasteiger partial charge in [0, 0.05) is 178 Å². The molecule has 10 aliphatic rings. The number of hydrogen-bond acceptors (Lipinski definition) is 29. The molecule has 5 aromatic carbocycles. The highest BCUT2D eigenvalue weighted by Crippen LogP contribution is 2.42. The number of Topliss-reactive ketones (excluding diaryl/α,β-unsaturated/α-hetero) is 1. The molecule has 10 aliphatic heterocycles. The van der Waals surface area contributed by atoms with Gasteiger partial charge < -0.3 is 44.3 Å². The first-order valence-electron chi connectivity index (χ1n) is 38.6. The van der Waals surface area contributed by atoms with Gasteiger partial charge in [0.2, 0.25) is 50.1 Å². The second kappa shape index (κ2) is 37.4. The molecule has 37 nitrogen and oxygen atoms in total. The van der Waals surface area contributed by atoms with Crippen LogP contribution in [0.15, 0.2) is 146 Å². The molecule has 15 rings (SSSR count). The highest BCUT2D eigenvalue weighted by atomic mass is 32.2. The minimum absolute atomic E-state index is 0.0293. The summed E-state index contributed by atoms with van der Waals surface area (Å²) in [6.07, 6.45) is 6.60. The van der Waals surface area contributed by atoms with Crippen molar-refractivity contribution in [3.05, 3.63) is 163 Å². The van der Waals surface area contributed by atoms with Crippen LogP contribution in [0.3, 0.4) is 0 Å². The molecule has 1 amide bonds. The van der Waals surface area contributed by atoms with E-state index in [0.29, 0.717) is 148 Å². The average molecular weight is 1750 g/mol. The third-order valence-electron chi connectivity index (χ3n) is 22.0. The maximum Gasteiger partial charge on any atom is 0.410 e. The molecule has 43 heteroatoms. The van der Waals surface area contributed by atoms with Gasteiger partial charge in [0.15, 0.2) is 5.78 Å². The van der Waals surface area contributed by atoms with Gasteiger partial charge in [-0.2, -0.15) is 21.5 Å². The van der Waals surface area contributed by atoms with Crippen molar-refractivity contribution >= 4 is 90.8 Å². The molecular weight excluding hydrogens is 1650 g/mol. The Morgan fingerprint density at radius 1 is 0.453 bits per heavy atom. The summed E-state index contributed by atoms with van der Waals surface area (Å²) in [6, 6.07) is 27.4. The van der Waals surface area contributed by atoms with E-state index in [1.165, 1.54) is 126 Å². The number of nitrogens with zero attached hydrogens (tertiary/aromatic N) is 9. The molecule has 5 spiro atoms. The lowest BCUT2D eigenvalue weighted by atomic mass is 10.0. The quantitative estimate of drug-likeness (QED) is 0.0448. The summed E-state index contributed by atoms with van der Waals surface area (Å²) in [7, 11) is -18.2. The van der Waals surface area contributed by atoms with Gasteiger partial charge in [-0.05, 0) is 133 Å². The summed E-state index contributed by atoms with van der Waals surface area (Å²) in [4.78, 5) is 56.2. The van der Waals surface area contributed by atoms with Crippen LogP contribution in [-0.2, 0) is 80.4 Å². The van der Waals surface area contributed by atoms with Crippen molar-refractivity contribution in [2.75, 3.05) is 130 Å². The fraction of sp³-hybridized carbons (Fsp3) is 0.568. The number of rotatable bonds is 15. The van der Waals surface area contributed by atoms with Gasteiger partial charge in [-0.3, -0.25) is 45.8 Å². The van der Waals surface area contributed by atoms with Crippen LogP contribution in [0, 0.1) is 30.3 Å². The predicted molar refractivity (Wildman–Crippen MR) is 428 cm³/mol. The summed E-state index contributed by atoms with van der Waals surface area (Å²) in [5.41, 5.74) is -2.22. The van der Waals surface area contributed by atoms with Gasteiger partial charge in [-0.25, -0.2) is 46.9 Å². The highest BCUT2D eigenvalue weighted by Gasteiger charge is 2.53. The minimum atomic E-state index is -3.75. The number of carbonyl (C=O) groups is 2. The maximum absolute atomic E-state index is 13.2. The van der Waals surface area contributed by atoms with Gasteiger partial charge in [-0.15, -0.1) is 11.8 Å². The molecule has 10 heterocycles. The van der Waals surface area contributed by atoms with Crippen LogP contribution in [0.1, 0.15) is 114 Å². The van der Waals surface area contributed by atoms with E-state index in [0.717, 1.165) is 57.7 Å². The SMILES string of the molecule is CC(=O)c1ccc(S(=O)(=O)N2CCOC23CCNCC3)cc1.CC(C)(C)OC(=O)N1CCC2(CC1)OCCN2S(=O)(=O)c1ccc(CO)cc1.O=[N+]([O-])c1ccc(S(=O)(=O)N2CCC3(CC2)NCCCO3)cc1.O=[N+]([O-])c1ccc(S(=O)(=O)N2CCC3(CC2)NCCO3)cc1.O=[N+]([O-])c1ccc(S(=O)(=O)N2CCC3(CC2)NCCS3)cc1. The fourth-order valence-corrected chi connectivity index (χ4v) is 24.5. The van der Waals surface area contributed by atoms with Crippen molar-refractivity contribution in [1.29, 1.82) is 0 Å². The number of nitrogens with one attached hydrogen (secondary N) is 4. The molecule has 5 aromatic rings. The van der Waals surface area contributed by atoms with Crippen molar-refractivity contribution in [2.45, 2.75) is 163 Å². The Morgan fingerprint density at radius 3 is 1.18 bits per heavy atom. The Kier molecular flexibility index (Phi) is 29.0. The van der Waals surface area contributed by atoms with E-state index < -0.39 is 93.8 Å². The normalized spacial score (nSPS) is 21.7. The number of carbonyl (C=O) groups excluding carboxylic acids is 2. The molecule has 642 valence electrons. The molecule has 10 fully saturated rings. The van der Waals surface area contributed by atoms with Crippen molar-refractivity contribution < 1.29 is 95.2 Å². The third-order valence-corrected chi connectivity index (χ3v) is 33.2. The van der Waals surface area contributed by atoms with E-state index in [2.05, 4.69) is 21.3 Å². The molecule has 117 heavy (non-hydrogen) atoms. The number of benzene rings is 5. The molecule has 10 saturated heterocycles. The summed E-state index contributed by atoms with van der Waals surface area (Å²) in [6.45, 7) is 16.8. The smallest absolute Gasteiger partial charge is 0.410 e. The van der Waals surface area contributed by atoms with Gasteiger partial charge in [-0.1, -0.05) is 24.3 Å². The van der Waals surface area contributed by atoms with Crippen molar-refractivity contribution in [3.8, 4) is 0 Å². The predicted octanol–water partition coefficient (Wildman–Crippen LogP) is 6.11. The molecule has 0 aromatic heterocycles. The van der Waals surface area contributed by atoms with Crippen LogP contribution < -0.4 is 21.3 Å². The number of ketones is 1. The summed E-state index contributed by atoms with van der Waals surface area (Å²) in [5.74, 6) is 0.984. The Bertz CT molecular complexity index is 4780. The van der Waals surface area contributed by atoms with Crippen LogP contribution in [0.4, 0.5) is 21.9 Å². The third kappa shape index (κ3) is 21.2. The van der Waals surface area contributed by atoms with Crippen molar-refractivity contribution in [3.63, 3.8) is 0 Å². The summed E-state index contributed by atoms with van der Waals surface area (Å²) >= 11 is 1.87.